The Bertz CT molecular complexity index is 634. The largest absolute Gasteiger partial charge is 0.494 e. The normalized spacial score (nSPS) is 15.6. The number of benzene rings is 1. The molecule has 1 aliphatic rings. The first kappa shape index (κ1) is 18.8. The molecule has 1 N–H and O–H groups in total. The average molecular weight is 351 g/mol. The lowest BCUT2D eigenvalue weighted by atomic mass is 10.0. The van der Waals surface area contributed by atoms with Crippen molar-refractivity contribution in [2.24, 2.45) is 0 Å². The molecule has 1 heterocycles. The van der Waals surface area contributed by atoms with Crippen molar-refractivity contribution in [1.82, 2.24) is 4.90 Å². The van der Waals surface area contributed by atoms with E-state index in [-0.39, 0.29) is 17.8 Å². The molecule has 0 saturated carbocycles. The van der Waals surface area contributed by atoms with Crippen LogP contribution in [-0.4, -0.2) is 47.8 Å². The van der Waals surface area contributed by atoms with Crippen molar-refractivity contribution in [2.45, 2.75) is 45.3 Å². The van der Waals surface area contributed by atoms with E-state index in [0.29, 0.717) is 37.4 Å². The van der Waals surface area contributed by atoms with E-state index in [2.05, 4.69) is 5.32 Å². The minimum Gasteiger partial charge on any atom is -0.494 e. The Morgan fingerprint density at radius 3 is 2.48 bits per heavy atom. The van der Waals surface area contributed by atoms with Gasteiger partial charge in [0.1, 0.15) is 11.4 Å². The second kappa shape index (κ2) is 7.58. The number of anilines is 1. The summed E-state index contributed by atoms with van der Waals surface area (Å²) in [7, 11) is 1.48. The molecular weight excluding hydrogens is 326 g/mol. The topological polar surface area (TPSA) is 93.9 Å². The van der Waals surface area contributed by atoms with Gasteiger partial charge < -0.3 is 19.7 Å². The van der Waals surface area contributed by atoms with Crippen molar-refractivity contribution in [3.8, 4) is 5.75 Å². The van der Waals surface area contributed by atoms with Gasteiger partial charge in [0.25, 0.3) is 5.69 Å². The Balaban J connectivity index is 2.01. The molecule has 138 valence electrons. The first-order chi connectivity index (χ1) is 11.7. The molecule has 1 aromatic carbocycles. The number of methoxy groups -OCH3 is 1. The Morgan fingerprint density at radius 1 is 1.32 bits per heavy atom. The number of nitro groups is 1. The van der Waals surface area contributed by atoms with Crippen LogP contribution in [0.1, 0.15) is 33.6 Å². The minimum absolute atomic E-state index is 0.0195. The smallest absolute Gasteiger partial charge is 0.410 e. The van der Waals surface area contributed by atoms with Gasteiger partial charge in [-0.2, -0.15) is 0 Å². The standard InChI is InChI=1S/C17H25N3O5/c1-17(2,3)25-16(21)19-10-8-12(9-11-19)18-15-13(20(22)23)6-5-7-14(15)24-4/h5-7,12,18H,8-11H2,1-4H3. The fourth-order valence-electron chi connectivity index (χ4n) is 2.72. The van der Waals surface area contributed by atoms with Crippen LogP contribution in [0.25, 0.3) is 0 Å². The molecule has 25 heavy (non-hydrogen) atoms. The van der Waals surface area contributed by atoms with Crippen molar-refractivity contribution in [3.63, 3.8) is 0 Å². The number of nitrogens with zero attached hydrogens (tertiary/aromatic N) is 2. The van der Waals surface area contributed by atoms with Gasteiger partial charge in [-0.15, -0.1) is 0 Å². The Kier molecular flexibility index (Phi) is 5.71. The zero-order valence-corrected chi connectivity index (χ0v) is 15.1. The summed E-state index contributed by atoms with van der Waals surface area (Å²) in [6.07, 6.45) is 1.03. The lowest BCUT2D eigenvalue weighted by Crippen LogP contribution is -2.44. The van der Waals surface area contributed by atoms with Crippen LogP contribution in [0.2, 0.25) is 0 Å². The number of ether oxygens (including phenoxy) is 2. The number of hydrogen-bond donors (Lipinski definition) is 1. The van der Waals surface area contributed by atoms with Crippen LogP contribution >= 0.6 is 0 Å². The highest BCUT2D eigenvalue weighted by Gasteiger charge is 2.28. The van der Waals surface area contributed by atoms with E-state index in [1.807, 2.05) is 20.8 Å². The summed E-state index contributed by atoms with van der Waals surface area (Å²) in [6.45, 7) is 6.57. The number of likely N-dealkylation sites (tertiary alicyclic amines) is 1. The maximum absolute atomic E-state index is 12.1. The van der Waals surface area contributed by atoms with Gasteiger partial charge in [-0.25, -0.2) is 4.79 Å². The third-order valence-electron chi connectivity index (χ3n) is 3.92. The van der Waals surface area contributed by atoms with Crippen molar-refractivity contribution in [1.29, 1.82) is 0 Å². The van der Waals surface area contributed by atoms with Crippen LogP contribution in [0, 0.1) is 10.1 Å². The fourth-order valence-corrected chi connectivity index (χ4v) is 2.72. The number of piperidine rings is 1. The number of rotatable bonds is 4. The van der Waals surface area contributed by atoms with E-state index >= 15 is 0 Å². The first-order valence-corrected chi connectivity index (χ1v) is 8.27. The van der Waals surface area contributed by atoms with Gasteiger partial charge in [-0.3, -0.25) is 10.1 Å². The van der Waals surface area contributed by atoms with Gasteiger partial charge in [0, 0.05) is 25.2 Å². The van der Waals surface area contributed by atoms with Gasteiger partial charge in [0.15, 0.2) is 5.69 Å². The highest BCUT2D eigenvalue weighted by molar-refractivity contribution is 5.71. The average Bonchev–Trinajstić information content (AvgIpc) is 2.53. The van der Waals surface area contributed by atoms with Crippen molar-refractivity contribution >= 4 is 17.5 Å². The van der Waals surface area contributed by atoms with E-state index in [0.717, 1.165) is 0 Å². The van der Waals surface area contributed by atoms with E-state index in [1.165, 1.54) is 13.2 Å². The lowest BCUT2D eigenvalue weighted by molar-refractivity contribution is -0.384. The van der Waals surface area contributed by atoms with Crippen LogP contribution in [0.15, 0.2) is 18.2 Å². The van der Waals surface area contributed by atoms with Gasteiger partial charge >= 0.3 is 6.09 Å². The molecule has 0 aliphatic carbocycles. The molecule has 8 nitrogen and oxygen atoms in total. The summed E-state index contributed by atoms with van der Waals surface area (Å²) in [5.41, 5.74) is -0.163. The summed E-state index contributed by atoms with van der Waals surface area (Å²) >= 11 is 0. The molecule has 1 fully saturated rings. The maximum Gasteiger partial charge on any atom is 0.410 e. The number of carbonyl (C=O) groups is 1. The van der Waals surface area contributed by atoms with Crippen molar-refractivity contribution < 1.29 is 19.2 Å². The number of hydrogen-bond acceptors (Lipinski definition) is 6. The molecule has 0 aromatic heterocycles. The minimum atomic E-state index is -0.524. The lowest BCUT2D eigenvalue weighted by Gasteiger charge is -2.34. The molecule has 0 atom stereocenters. The first-order valence-electron chi connectivity index (χ1n) is 8.27. The van der Waals surface area contributed by atoms with Gasteiger partial charge in [0.2, 0.25) is 0 Å². The summed E-state index contributed by atoms with van der Waals surface area (Å²) in [6, 6.07) is 4.74. The third kappa shape index (κ3) is 4.98. The molecule has 0 bridgehead atoms. The SMILES string of the molecule is COc1cccc([N+](=O)[O-])c1NC1CCN(C(=O)OC(C)(C)C)CC1. The molecule has 0 radical (unpaired) electrons. The summed E-state index contributed by atoms with van der Waals surface area (Å²) in [5.74, 6) is 0.434. The second-order valence-corrected chi connectivity index (χ2v) is 7.00. The van der Waals surface area contributed by atoms with Crippen molar-refractivity contribution in [3.05, 3.63) is 28.3 Å². The second-order valence-electron chi connectivity index (χ2n) is 7.00. The molecule has 1 saturated heterocycles. The summed E-state index contributed by atoms with van der Waals surface area (Å²) in [4.78, 5) is 24.6. The van der Waals surface area contributed by atoms with Crippen LogP contribution < -0.4 is 10.1 Å². The number of nitrogens with one attached hydrogen (secondary N) is 1. The zero-order valence-electron chi connectivity index (χ0n) is 15.1. The molecule has 1 aliphatic heterocycles. The summed E-state index contributed by atoms with van der Waals surface area (Å²) < 4.78 is 10.6. The van der Waals surface area contributed by atoms with E-state index in [1.54, 1.807) is 17.0 Å². The number of nitro benzene ring substituents is 1. The summed E-state index contributed by atoms with van der Waals surface area (Å²) in [5, 5.41) is 14.5. The monoisotopic (exact) mass is 351 g/mol. The van der Waals surface area contributed by atoms with Gasteiger partial charge in [-0.1, -0.05) is 6.07 Å². The number of amides is 1. The molecular formula is C17H25N3O5. The van der Waals surface area contributed by atoms with Crippen LogP contribution in [0.3, 0.4) is 0 Å². The van der Waals surface area contributed by atoms with Crippen LogP contribution in [-0.2, 0) is 4.74 Å². The molecule has 1 aromatic rings. The quantitative estimate of drug-likeness (QED) is 0.660. The van der Waals surface area contributed by atoms with Crippen molar-refractivity contribution in [2.75, 3.05) is 25.5 Å². The highest BCUT2D eigenvalue weighted by atomic mass is 16.6. The Labute approximate surface area is 147 Å². The highest BCUT2D eigenvalue weighted by Crippen LogP contribution is 2.35. The predicted molar refractivity (Wildman–Crippen MR) is 94.1 cm³/mol. The zero-order chi connectivity index (χ0) is 18.6. The van der Waals surface area contributed by atoms with Crippen LogP contribution in [0.5, 0.6) is 5.75 Å². The van der Waals surface area contributed by atoms with E-state index < -0.39 is 10.5 Å². The number of para-hydroxylation sites is 1. The van der Waals surface area contributed by atoms with Gasteiger partial charge in [-0.05, 0) is 39.7 Å². The Hall–Kier alpha value is -2.51. The molecule has 8 heteroatoms. The Morgan fingerprint density at radius 2 is 1.96 bits per heavy atom. The van der Waals surface area contributed by atoms with Crippen LogP contribution in [0.4, 0.5) is 16.2 Å². The third-order valence-corrected chi connectivity index (χ3v) is 3.92. The molecule has 1 amide bonds. The van der Waals surface area contributed by atoms with E-state index in [4.69, 9.17) is 9.47 Å². The molecule has 0 spiro atoms. The number of carbonyl (C=O) groups excluding carboxylic acids is 1. The van der Waals surface area contributed by atoms with Gasteiger partial charge in [0.05, 0.1) is 12.0 Å². The molecule has 2 rings (SSSR count). The fraction of sp³-hybridized carbons (Fsp3) is 0.588. The maximum atomic E-state index is 12.1. The predicted octanol–water partition coefficient (Wildman–Crippen LogP) is 3.41. The van der Waals surface area contributed by atoms with E-state index in [9.17, 15) is 14.9 Å². The molecule has 0 unspecified atom stereocenters.